The molecule has 29 heavy (non-hydrogen) atoms. The van der Waals surface area contributed by atoms with E-state index in [-0.39, 0.29) is 41.4 Å². The Balaban J connectivity index is 1.39. The van der Waals surface area contributed by atoms with Crippen LogP contribution in [0.15, 0.2) is 66.7 Å². The number of para-hydroxylation sites is 1. The molecule has 2 bridgehead atoms. The molecule has 5 nitrogen and oxygen atoms in total. The second-order valence-corrected chi connectivity index (χ2v) is 7.94. The molecule has 1 aliphatic heterocycles. The fourth-order valence-electron chi connectivity index (χ4n) is 5.12. The number of nitrogens with zero attached hydrogens (tertiary/aromatic N) is 2. The smallest absolute Gasteiger partial charge is 0.258 e. The van der Waals surface area contributed by atoms with Crippen LogP contribution < -0.4 is 9.80 Å². The summed E-state index contributed by atoms with van der Waals surface area (Å²) in [5.41, 5.74) is 1.92. The summed E-state index contributed by atoms with van der Waals surface area (Å²) in [6, 6.07) is 16.3. The number of imide groups is 1. The van der Waals surface area contributed by atoms with Gasteiger partial charge in [-0.1, -0.05) is 30.4 Å². The fourth-order valence-corrected chi connectivity index (χ4v) is 5.12. The Bertz CT molecular complexity index is 982. The molecule has 2 fully saturated rings. The fraction of sp³-hybridized carbons (Fsp3) is 0.292. The molecule has 1 heterocycles. The minimum atomic E-state index is -0.215. The van der Waals surface area contributed by atoms with Crippen molar-refractivity contribution in [2.24, 2.45) is 23.7 Å². The predicted molar refractivity (Wildman–Crippen MR) is 110 cm³/mol. The Morgan fingerprint density at radius 1 is 0.931 bits per heavy atom. The number of allylic oxidation sites excluding steroid dienone is 2. The van der Waals surface area contributed by atoms with E-state index >= 15 is 0 Å². The summed E-state index contributed by atoms with van der Waals surface area (Å²) in [4.78, 5) is 41.9. The average Bonchev–Trinajstić information content (AvgIpc) is 3.43. The average molecular weight is 386 g/mol. The van der Waals surface area contributed by atoms with Gasteiger partial charge in [0.15, 0.2) is 0 Å². The Morgan fingerprint density at radius 2 is 1.52 bits per heavy atom. The van der Waals surface area contributed by atoms with Crippen LogP contribution in [0.5, 0.6) is 0 Å². The highest BCUT2D eigenvalue weighted by molar-refractivity contribution is 6.23. The highest BCUT2D eigenvalue weighted by Gasteiger charge is 2.59. The zero-order valence-electron chi connectivity index (χ0n) is 16.2. The molecule has 3 aliphatic rings. The lowest BCUT2D eigenvalue weighted by molar-refractivity contribution is -0.123. The predicted octanol–water partition coefficient (Wildman–Crippen LogP) is 3.66. The van der Waals surface area contributed by atoms with Crippen molar-refractivity contribution < 1.29 is 14.4 Å². The number of anilines is 2. The number of hydrogen-bond donors (Lipinski definition) is 0. The van der Waals surface area contributed by atoms with Gasteiger partial charge < -0.3 is 4.90 Å². The van der Waals surface area contributed by atoms with Crippen LogP contribution in [0, 0.1) is 23.7 Å². The maximum Gasteiger partial charge on any atom is 0.258 e. The number of benzene rings is 2. The molecule has 3 amide bonds. The van der Waals surface area contributed by atoms with Gasteiger partial charge in [0.05, 0.1) is 17.5 Å². The third-order valence-electron chi connectivity index (χ3n) is 6.47. The van der Waals surface area contributed by atoms with E-state index in [1.54, 1.807) is 29.2 Å². The van der Waals surface area contributed by atoms with Gasteiger partial charge in [-0.25, -0.2) is 0 Å². The van der Waals surface area contributed by atoms with E-state index in [1.807, 2.05) is 37.3 Å². The van der Waals surface area contributed by atoms with Gasteiger partial charge >= 0.3 is 0 Å². The van der Waals surface area contributed by atoms with Crippen molar-refractivity contribution >= 4 is 29.1 Å². The summed E-state index contributed by atoms with van der Waals surface area (Å²) >= 11 is 0. The van der Waals surface area contributed by atoms with E-state index in [2.05, 4.69) is 12.2 Å². The third kappa shape index (κ3) is 2.64. The van der Waals surface area contributed by atoms with E-state index in [1.165, 1.54) is 4.90 Å². The standard InChI is InChI=1S/C24H22N2O3/c1-2-25(18-6-4-3-5-7-18)22(27)15-10-12-19(13-11-15)26-23(28)20-16-8-9-17(14-16)21(20)24(26)29/h3-13,16-17,20-21H,2,14H2,1H3/t16-,17-,20-,21-/m0/s1. The lowest BCUT2D eigenvalue weighted by Crippen LogP contribution is -2.33. The highest BCUT2D eigenvalue weighted by Crippen LogP contribution is 2.53. The zero-order valence-corrected chi connectivity index (χ0v) is 16.2. The first-order chi connectivity index (χ1) is 14.1. The van der Waals surface area contributed by atoms with Gasteiger partial charge in [-0.05, 0) is 61.6 Å². The molecular formula is C24H22N2O3. The minimum absolute atomic E-state index is 0.101. The van der Waals surface area contributed by atoms with Gasteiger partial charge in [0, 0.05) is 17.8 Å². The molecule has 2 aliphatic carbocycles. The van der Waals surface area contributed by atoms with E-state index in [4.69, 9.17) is 0 Å². The Labute approximate surface area is 169 Å². The van der Waals surface area contributed by atoms with E-state index in [9.17, 15) is 14.4 Å². The van der Waals surface area contributed by atoms with Crippen molar-refractivity contribution in [2.45, 2.75) is 13.3 Å². The summed E-state index contributed by atoms with van der Waals surface area (Å²) < 4.78 is 0. The van der Waals surface area contributed by atoms with Crippen LogP contribution >= 0.6 is 0 Å². The lowest BCUT2D eigenvalue weighted by atomic mass is 9.85. The van der Waals surface area contributed by atoms with Crippen LogP contribution in [0.1, 0.15) is 23.7 Å². The molecule has 5 heteroatoms. The molecule has 1 saturated carbocycles. The molecule has 0 unspecified atom stereocenters. The number of hydrogen-bond acceptors (Lipinski definition) is 3. The van der Waals surface area contributed by atoms with Crippen LogP contribution in [-0.2, 0) is 9.59 Å². The first-order valence-electron chi connectivity index (χ1n) is 10.1. The van der Waals surface area contributed by atoms with Crippen LogP contribution in [-0.4, -0.2) is 24.3 Å². The SMILES string of the molecule is CCN(C(=O)c1ccc(N2C(=O)[C@@H]3[C@@H](C2=O)[C@H]2C=C[C@H]3C2)cc1)c1ccccc1. The number of rotatable bonds is 4. The summed E-state index contributed by atoms with van der Waals surface area (Å²) in [7, 11) is 0. The van der Waals surface area contributed by atoms with Gasteiger partial charge in [-0.3, -0.25) is 19.3 Å². The molecular weight excluding hydrogens is 364 g/mol. The number of fused-ring (bicyclic) bond motifs is 5. The third-order valence-corrected chi connectivity index (χ3v) is 6.47. The molecule has 0 aromatic heterocycles. The topological polar surface area (TPSA) is 57.7 Å². The van der Waals surface area contributed by atoms with Crippen LogP contribution in [0.2, 0.25) is 0 Å². The van der Waals surface area contributed by atoms with Crippen molar-refractivity contribution in [2.75, 3.05) is 16.3 Å². The molecule has 146 valence electrons. The molecule has 4 atom stereocenters. The van der Waals surface area contributed by atoms with E-state index in [0.717, 1.165) is 12.1 Å². The van der Waals surface area contributed by atoms with Gasteiger partial charge in [0.1, 0.15) is 0 Å². The zero-order chi connectivity index (χ0) is 20.1. The molecule has 1 saturated heterocycles. The van der Waals surface area contributed by atoms with Crippen molar-refractivity contribution in [3.8, 4) is 0 Å². The molecule has 5 rings (SSSR count). The second-order valence-electron chi connectivity index (χ2n) is 7.94. The maximum absolute atomic E-state index is 13.0. The Hall–Kier alpha value is -3.21. The van der Waals surface area contributed by atoms with Crippen LogP contribution in [0.3, 0.4) is 0 Å². The quantitative estimate of drug-likeness (QED) is 0.595. The van der Waals surface area contributed by atoms with Gasteiger partial charge in [0.2, 0.25) is 11.8 Å². The molecule has 0 spiro atoms. The van der Waals surface area contributed by atoms with Crippen LogP contribution in [0.4, 0.5) is 11.4 Å². The second kappa shape index (κ2) is 6.69. The molecule has 2 aromatic carbocycles. The summed E-state index contributed by atoms with van der Waals surface area (Å²) in [5.74, 6) is -0.359. The number of carbonyl (C=O) groups is 3. The number of carbonyl (C=O) groups excluding carboxylic acids is 3. The van der Waals surface area contributed by atoms with Gasteiger partial charge in [-0.2, -0.15) is 0 Å². The summed E-state index contributed by atoms with van der Waals surface area (Å²) in [6.45, 7) is 2.48. The molecule has 0 radical (unpaired) electrons. The van der Waals surface area contributed by atoms with Gasteiger partial charge in [-0.15, -0.1) is 0 Å². The van der Waals surface area contributed by atoms with Crippen molar-refractivity contribution in [3.05, 3.63) is 72.3 Å². The Kier molecular flexibility index (Phi) is 4.12. The van der Waals surface area contributed by atoms with Crippen molar-refractivity contribution in [1.29, 1.82) is 0 Å². The minimum Gasteiger partial charge on any atom is -0.309 e. The van der Waals surface area contributed by atoms with Crippen molar-refractivity contribution in [3.63, 3.8) is 0 Å². The Morgan fingerprint density at radius 3 is 2.07 bits per heavy atom. The summed E-state index contributed by atoms with van der Waals surface area (Å²) in [5, 5.41) is 0. The molecule has 0 N–H and O–H groups in total. The largest absolute Gasteiger partial charge is 0.309 e. The number of amides is 3. The normalized spacial score (nSPS) is 26.9. The highest BCUT2D eigenvalue weighted by atomic mass is 16.2. The van der Waals surface area contributed by atoms with Crippen LogP contribution in [0.25, 0.3) is 0 Å². The maximum atomic E-state index is 13.0. The van der Waals surface area contributed by atoms with E-state index in [0.29, 0.717) is 17.8 Å². The van der Waals surface area contributed by atoms with Gasteiger partial charge in [0.25, 0.3) is 5.91 Å². The first kappa shape index (κ1) is 17.9. The van der Waals surface area contributed by atoms with Crippen molar-refractivity contribution in [1.82, 2.24) is 0 Å². The lowest BCUT2D eigenvalue weighted by Gasteiger charge is -2.22. The first-order valence-corrected chi connectivity index (χ1v) is 10.1. The monoisotopic (exact) mass is 386 g/mol. The molecule has 2 aromatic rings. The van der Waals surface area contributed by atoms with E-state index < -0.39 is 0 Å². The summed E-state index contributed by atoms with van der Waals surface area (Å²) in [6.07, 6.45) is 5.09.